The summed E-state index contributed by atoms with van der Waals surface area (Å²) >= 11 is 0. The van der Waals surface area contributed by atoms with Crippen LogP contribution in [0, 0.1) is 0 Å². The van der Waals surface area contributed by atoms with E-state index in [4.69, 9.17) is 4.42 Å². The molecule has 0 N–H and O–H groups in total. The first-order valence-electron chi connectivity index (χ1n) is 18.4. The van der Waals surface area contributed by atoms with Crippen molar-refractivity contribution in [2.75, 3.05) is 4.90 Å². The number of rotatable bonds is 7. The van der Waals surface area contributed by atoms with Crippen molar-refractivity contribution >= 4 is 49.8 Å². The van der Waals surface area contributed by atoms with Crippen molar-refractivity contribution in [3.8, 4) is 44.5 Å². The molecule has 0 aliphatic heterocycles. The van der Waals surface area contributed by atoms with Crippen LogP contribution < -0.4 is 4.90 Å². The van der Waals surface area contributed by atoms with E-state index in [1.54, 1.807) is 0 Å². The van der Waals surface area contributed by atoms with Crippen molar-refractivity contribution in [1.29, 1.82) is 0 Å². The van der Waals surface area contributed by atoms with Gasteiger partial charge in [0, 0.05) is 22.1 Å². The third-order valence-electron chi connectivity index (χ3n) is 10.5. The molecule has 2 nitrogen and oxygen atoms in total. The Balaban J connectivity index is 1.17. The smallest absolute Gasteiger partial charge is 0.159 e. The van der Waals surface area contributed by atoms with Crippen molar-refractivity contribution in [2.45, 2.75) is 0 Å². The molecular weight excluding hydrogens is 655 g/mol. The van der Waals surface area contributed by atoms with Crippen molar-refractivity contribution in [2.24, 2.45) is 0 Å². The molecule has 0 amide bonds. The van der Waals surface area contributed by atoms with Gasteiger partial charge in [0.05, 0.1) is 5.69 Å². The Labute approximate surface area is 314 Å². The number of hydrogen-bond donors (Lipinski definition) is 0. The van der Waals surface area contributed by atoms with Gasteiger partial charge in [-0.2, -0.15) is 0 Å². The molecule has 54 heavy (non-hydrogen) atoms. The standard InChI is InChI=1S/C52H35NO/c1-4-15-36(16-5-1)44-25-13-22-41-33-40(29-31-46(41)44)39-21-12-23-42(34-39)53(50-27-14-26-48-47-24-10-11-28-51(47)54-52(48)50)43-30-32-45(37-17-6-2-7-18-37)49(35-43)38-19-8-3-9-20-38/h1-35H. The highest BCUT2D eigenvalue weighted by Crippen LogP contribution is 2.45. The van der Waals surface area contributed by atoms with Gasteiger partial charge in [0.25, 0.3) is 0 Å². The summed E-state index contributed by atoms with van der Waals surface area (Å²) in [7, 11) is 0. The fourth-order valence-corrected chi connectivity index (χ4v) is 7.89. The number of para-hydroxylation sites is 2. The van der Waals surface area contributed by atoms with E-state index in [0.29, 0.717) is 0 Å². The van der Waals surface area contributed by atoms with Crippen LogP contribution in [0.5, 0.6) is 0 Å². The lowest BCUT2D eigenvalue weighted by atomic mass is 9.93. The minimum Gasteiger partial charge on any atom is -0.454 e. The molecule has 2 heteroatoms. The minimum atomic E-state index is 0.858. The zero-order chi connectivity index (χ0) is 35.8. The summed E-state index contributed by atoms with van der Waals surface area (Å²) < 4.78 is 6.68. The Bertz CT molecular complexity index is 2930. The summed E-state index contributed by atoms with van der Waals surface area (Å²) in [4.78, 5) is 2.35. The van der Waals surface area contributed by atoms with Crippen LogP contribution in [0.3, 0.4) is 0 Å². The molecule has 0 spiro atoms. The highest BCUT2D eigenvalue weighted by Gasteiger charge is 2.21. The van der Waals surface area contributed by atoms with Crippen LogP contribution in [0.2, 0.25) is 0 Å². The Morgan fingerprint density at radius 3 is 1.69 bits per heavy atom. The second kappa shape index (κ2) is 13.4. The fourth-order valence-electron chi connectivity index (χ4n) is 7.89. The average Bonchev–Trinajstić information content (AvgIpc) is 3.64. The number of furan rings is 1. The lowest BCUT2D eigenvalue weighted by Crippen LogP contribution is -2.10. The largest absolute Gasteiger partial charge is 0.454 e. The second-order valence-electron chi connectivity index (χ2n) is 13.7. The van der Waals surface area contributed by atoms with E-state index in [1.807, 2.05) is 6.07 Å². The molecule has 254 valence electrons. The predicted molar refractivity (Wildman–Crippen MR) is 228 cm³/mol. The molecule has 0 aliphatic rings. The van der Waals surface area contributed by atoms with Gasteiger partial charge >= 0.3 is 0 Å². The van der Waals surface area contributed by atoms with Crippen LogP contribution in [-0.4, -0.2) is 0 Å². The van der Waals surface area contributed by atoms with Gasteiger partial charge in [-0.3, -0.25) is 0 Å². The first-order valence-corrected chi connectivity index (χ1v) is 18.4. The summed E-state index contributed by atoms with van der Waals surface area (Å²) in [6.07, 6.45) is 0. The molecule has 0 fully saturated rings. The van der Waals surface area contributed by atoms with E-state index >= 15 is 0 Å². The van der Waals surface area contributed by atoms with E-state index in [1.165, 1.54) is 49.7 Å². The Kier molecular flexibility index (Phi) is 7.85. The second-order valence-corrected chi connectivity index (χ2v) is 13.7. The number of anilines is 3. The molecule has 0 radical (unpaired) electrons. The maximum Gasteiger partial charge on any atom is 0.159 e. The zero-order valence-corrected chi connectivity index (χ0v) is 29.6. The van der Waals surface area contributed by atoms with Gasteiger partial charge in [-0.05, 0) is 97.7 Å². The van der Waals surface area contributed by atoms with Crippen LogP contribution in [0.15, 0.2) is 217 Å². The van der Waals surface area contributed by atoms with E-state index in [-0.39, 0.29) is 0 Å². The van der Waals surface area contributed by atoms with Crippen LogP contribution in [-0.2, 0) is 0 Å². The maximum absolute atomic E-state index is 6.68. The molecule has 0 saturated carbocycles. The maximum atomic E-state index is 6.68. The molecule has 10 aromatic rings. The third-order valence-corrected chi connectivity index (χ3v) is 10.5. The van der Waals surface area contributed by atoms with Gasteiger partial charge in [0.15, 0.2) is 5.58 Å². The van der Waals surface area contributed by atoms with E-state index in [0.717, 1.165) is 44.6 Å². The van der Waals surface area contributed by atoms with E-state index in [2.05, 4.69) is 211 Å². The lowest BCUT2D eigenvalue weighted by molar-refractivity contribution is 0.669. The molecule has 0 bridgehead atoms. The van der Waals surface area contributed by atoms with Crippen molar-refractivity contribution < 1.29 is 4.42 Å². The van der Waals surface area contributed by atoms with E-state index < -0.39 is 0 Å². The average molecular weight is 690 g/mol. The van der Waals surface area contributed by atoms with Gasteiger partial charge in [0.2, 0.25) is 0 Å². The summed E-state index contributed by atoms with van der Waals surface area (Å²) in [5.74, 6) is 0. The van der Waals surface area contributed by atoms with Crippen LogP contribution >= 0.6 is 0 Å². The lowest BCUT2D eigenvalue weighted by Gasteiger charge is -2.27. The van der Waals surface area contributed by atoms with Gasteiger partial charge < -0.3 is 9.32 Å². The number of fused-ring (bicyclic) bond motifs is 4. The molecular formula is C52H35NO. The Hall–Kier alpha value is -7.16. The number of hydrogen-bond acceptors (Lipinski definition) is 2. The van der Waals surface area contributed by atoms with Gasteiger partial charge in [0.1, 0.15) is 5.58 Å². The van der Waals surface area contributed by atoms with Gasteiger partial charge in [-0.15, -0.1) is 0 Å². The fraction of sp³-hybridized carbons (Fsp3) is 0. The van der Waals surface area contributed by atoms with Gasteiger partial charge in [-0.25, -0.2) is 0 Å². The first kappa shape index (κ1) is 31.6. The first-order chi connectivity index (χ1) is 26.8. The molecule has 9 aromatic carbocycles. The zero-order valence-electron chi connectivity index (χ0n) is 29.6. The number of nitrogens with zero attached hydrogens (tertiary/aromatic N) is 1. The Morgan fingerprint density at radius 2 is 0.907 bits per heavy atom. The topological polar surface area (TPSA) is 16.4 Å². The summed E-state index contributed by atoms with van der Waals surface area (Å²) in [5, 5.41) is 4.66. The molecule has 0 saturated heterocycles. The quantitative estimate of drug-likeness (QED) is 0.166. The predicted octanol–water partition coefficient (Wildman–Crippen LogP) is 14.9. The van der Waals surface area contributed by atoms with Crippen molar-refractivity contribution in [3.05, 3.63) is 212 Å². The Morgan fingerprint density at radius 1 is 0.315 bits per heavy atom. The van der Waals surface area contributed by atoms with Crippen LogP contribution in [0.4, 0.5) is 17.1 Å². The third kappa shape index (κ3) is 5.62. The molecule has 10 rings (SSSR count). The molecule has 0 atom stereocenters. The summed E-state index contributed by atoms with van der Waals surface area (Å²) in [5.41, 5.74) is 14.3. The van der Waals surface area contributed by atoms with E-state index in [9.17, 15) is 0 Å². The number of benzene rings is 9. The molecule has 1 heterocycles. The highest BCUT2D eigenvalue weighted by atomic mass is 16.3. The summed E-state index contributed by atoms with van der Waals surface area (Å²) in [6, 6.07) is 75.8. The minimum absolute atomic E-state index is 0.858. The SMILES string of the molecule is c1ccc(-c2ccc(N(c3cccc(-c4ccc5c(-c6ccccc6)cccc5c4)c3)c3cccc4c3oc3ccccc34)cc2-c2ccccc2)cc1. The normalized spacial score (nSPS) is 11.3. The van der Waals surface area contributed by atoms with Gasteiger partial charge in [-0.1, -0.05) is 170 Å². The summed E-state index contributed by atoms with van der Waals surface area (Å²) in [6.45, 7) is 0. The van der Waals surface area contributed by atoms with Crippen LogP contribution in [0.25, 0.3) is 77.2 Å². The monoisotopic (exact) mass is 689 g/mol. The van der Waals surface area contributed by atoms with Crippen molar-refractivity contribution in [3.63, 3.8) is 0 Å². The molecule has 0 aliphatic carbocycles. The van der Waals surface area contributed by atoms with Crippen LogP contribution in [0.1, 0.15) is 0 Å². The highest BCUT2D eigenvalue weighted by molar-refractivity contribution is 6.10. The molecule has 0 unspecified atom stereocenters. The van der Waals surface area contributed by atoms with Crippen molar-refractivity contribution in [1.82, 2.24) is 0 Å². The molecule has 1 aromatic heterocycles.